The second-order valence-electron chi connectivity index (χ2n) is 10.2. The van der Waals surface area contributed by atoms with Gasteiger partial charge in [0.05, 0.1) is 18.4 Å². The number of carbonyl (C=O) groups is 3. The Hall–Kier alpha value is -6.06. The predicted molar refractivity (Wildman–Crippen MR) is 164 cm³/mol. The Morgan fingerprint density at radius 2 is 1.82 bits per heavy atom. The van der Waals surface area contributed by atoms with Gasteiger partial charge in [0.1, 0.15) is 6.04 Å². The Morgan fingerprint density at radius 3 is 2.56 bits per heavy atom. The number of Topliss-reactive ketones (excluding diaryl/α,β-unsaturated/α-hetero) is 1. The molecule has 45 heavy (non-hydrogen) atoms. The van der Waals surface area contributed by atoms with Gasteiger partial charge in [-0.15, -0.1) is 10.2 Å². The molecule has 3 heterocycles. The quantitative estimate of drug-likeness (QED) is 0.0826. The van der Waals surface area contributed by atoms with Crippen LogP contribution < -0.4 is 22.1 Å². The summed E-state index contributed by atoms with van der Waals surface area (Å²) in [5, 5.41) is 29.4. The summed E-state index contributed by atoms with van der Waals surface area (Å²) < 4.78 is 0. The fourth-order valence-electron chi connectivity index (χ4n) is 4.63. The van der Waals surface area contributed by atoms with Gasteiger partial charge in [-0.05, 0) is 55.3 Å². The van der Waals surface area contributed by atoms with Crippen LogP contribution in [0.5, 0.6) is 0 Å². The number of ketones is 1. The number of tetrazole rings is 1. The van der Waals surface area contributed by atoms with Crippen LogP contribution in [0.3, 0.4) is 0 Å². The first kappa shape index (κ1) is 30.4. The number of benzene rings is 2. The minimum Gasteiger partial charge on any atom is -0.480 e. The lowest BCUT2D eigenvalue weighted by molar-refractivity contribution is -0.139. The molecule has 0 saturated heterocycles. The van der Waals surface area contributed by atoms with Gasteiger partial charge >= 0.3 is 5.97 Å². The number of anilines is 3. The van der Waals surface area contributed by atoms with Crippen LogP contribution in [0.2, 0.25) is 0 Å². The number of aromatic amines is 1. The van der Waals surface area contributed by atoms with Gasteiger partial charge < -0.3 is 27.2 Å². The van der Waals surface area contributed by atoms with Crippen molar-refractivity contribution in [3.05, 3.63) is 71.0 Å². The molecule has 0 bridgehead atoms. The van der Waals surface area contributed by atoms with Crippen LogP contribution in [0.1, 0.15) is 57.7 Å². The number of nitrogen functional groups attached to an aromatic ring is 2. The van der Waals surface area contributed by atoms with Crippen LogP contribution >= 0.6 is 0 Å². The molecule has 0 radical (unpaired) electrons. The number of carboxylic acids is 1. The van der Waals surface area contributed by atoms with E-state index in [1.165, 1.54) is 0 Å². The second-order valence-corrected chi connectivity index (χ2v) is 10.2. The van der Waals surface area contributed by atoms with E-state index in [1.807, 2.05) is 19.1 Å². The van der Waals surface area contributed by atoms with E-state index in [9.17, 15) is 19.5 Å². The molecule has 0 aliphatic rings. The van der Waals surface area contributed by atoms with Crippen molar-refractivity contribution in [3.8, 4) is 11.4 Å². The lowest BCUT2D eigenvalue weighted by Gasteiger charge is -2.15. The van der Waals surface area contributed by atoms with Gasteiger partial charge in [-0.25, -0.2) is 14.8 Å². The summed E-state index contributed by atoms with van der Waals surface area (Å²) in [6, 6.07) is 10.8. The SMILES string of the molecule is Cc1ccc(C(=O)CCCC[C@H](NC(=O)c2ccc(NCc3cnc4nc(N)nc(N)c4n3)cc2)C(=O)O)c(-c2nn[nH]n2)c1. The van der Waals surface area contributed by atoms with Gasteiger partial charge in [0.2, 0.25) is 11.8 Å². The van der Waals surface area contributed by atoms with Gasteiger partial charge in [-0.3, -0.25) is 9.59 Å². The van der Waals surface area contributed by atoms with E-state index in [0.717, 1.165) is 5.56 Å². The lowest BCUT2D eigenvalue weighted by atomic mass is 9.97. The number of carbonyl (C=O) groups excluding carboxylic acids is 2. The van der Waals surface area contributed by atoms with Gasteiger partial charge in [-0.2, -0.15) is 15.2 Å². The van der Waals surface area contributed by atoms with E-state index >= 15 is 0 Å². The minimum absolute atomic E-state index is 0.0151. The van der Waals surface area contributed by atoms with Crippen LogP contribution in [0.25, 0.3) is 22.6 Å². The van der Waals surface area contributed by atoms with Crippen LogP contribution in [-0.2, 0) is 11.3 Å². The number of aromatic nitrogens is 8. The number of amides is 1. The highest BCUT2D eigenvalue weighted by atomic mass is 16.4. The molecule has 5 rings (SSSR count). The molecule has 1 amide bonds. The molecule has 5 aromatic rings. The molecule has 16 heteroatoms. The number of nitrogens with one attached hydrogen (secondary N) is 3. The van der Waals surface area contributed by atoms with E-state index in [4.69, 9.17) is 11.5 Å². The summed E-state index contributed by atoms with van der Waals surface area (Å²) in [5.41, 5.74) is 15.7. The van der Waals surface area contributed by atoms with Crippen LogP contribution in [0.15, 0.2) is 48.7 Å². The Bertz CT molecular complexity index is 1840. The average Bonchev–Trinajstić information content (AvgIpc) is 3.56. The number of fused-ring (bicyclic) bond motifs is 1. The van der Waals surface area contributed by atoms with E-state index in [2.05, 4.69) is 51.2 Å². The van der Waals surface area contributed by atoms with Crippen molar-refractivity contribution < 1.29 is 19.5 Å². The second kappa shape index (κ2) is 13.5. The van der Waals surface area contributed by atoms with Gasteiger partial charge in [-0.1, -0.05) is 24.1 Å². The largest absolute Gasteiger partial charge is 0.480 e. The Labute approximate surface area is 256 Å². The standard InChI is InChI=1S/C29H30N12O4/c1-15-6-11-19(20(12-15)25-38-40-41-39-25)22(42)5-3-2-4-21(28(44)45)35-27(43)16-7-9-17(10-8-16)32-13-18-14-33-26-23(34-18)24(30)36-29(31)37-26/h6-12,14,21,32H,2-5,13H2,1H3,(H,35,43)(H,44,45)(H,38,39,40,41)(H4,30,31,33,36,37)/t21-/m0/s1. The number of hydrogen-bond donors (Lipinski definition) is 6. The van der Waals surface area contributed by atoms with Crippen molar-refractivity contribution in [1.82, 2.24) is 45.9 Å². The van der Waals surface area contributed by atoms with E-state index in [0.29, 0.717) is 64.4 Å². The molecule has 0 spiro atoms. The Kier molecular flexibility index (Phi) is 9.12. The first-order valence-corrected chi connectivity index (χ1v) is 14.0. The maximum Gasteiger partial charge on any atom is 0.326 e. The minimum atomic E-state index is -1.16. The summed E-state index contributed by atoms with van der Waals surface area (Å²) >= 11 is 0. The fourth-order valence-corrected chi connectivity index (χ4v) is 4.63. The summed E-state index contributed by atoms with van der Waals surface area (Å²) in [6.07, 6.45) is 2.75. The van der Waals surface area contributed by atoms with E-state index in [-0.39, 0.29) is 30.4 Å². The highest BCUT2D eigenvalue weighted by Gasteiger charge is 2.21. The molecule has 3 aromatic heterocycles. The highest BCUT2D eigenvalue weighted by molar-refractivity contribution is 6.01. The van der Waals surface area contributed by atoms with Crippen LogP contribution in [-0.4, -0.2) is 69.4 Å². The highest BCUT2D eigenvalue weighted by Crippen LogP contribution is 2.23. The van der Waals surface area contributed by atoms with Crippen LogP contribution in [0.4, 0.5) is 17.5 Å². The fraction of sp³-hybridized carbons (Fsp3) is 0.241. The van der Waals surface area contributed by atoms with Crippen molar-refractivity contribution in [2.24, 2.45) is 0 Å². The smallest absolute Gasteiger partial charge is 0.326 e. The van der Waals surface area contributed by atoms with Gasteiger partial charge in [0.15, 0.2) is 22.8 Å². The molecule has 0 aliphatic heterocycles. The number of carboxylic acid groups (broad SMARTS) is 1. The molecular formula is C29H30N12O4. The summed E-state index contributed by atoms with van der Waals surface area (Å²) in [7, 11) is 0. The number of aryl methyl sites for hydroxylation is 1. The van der Waals surface area contributed by atoms with Crippen molar-refractivity contribution in [2.45, 2.75) is 45.2 Å². The third-order valence-electron chi connectivity index (χ3n) is 6.93. The van der Waals surface area contributed by atoms with Gasteiger partial charge in [0.25, 0.3) is 5.91 Å². The van der Waals surface area contributed by atoms with E-state index < -0.39 is 17.9 Å². The predicted octanol–water partition coefficient (Wildman–Crippen LogP) is 2.31. The zero-order valence-corrected chi connectivity index (χ0v) is 24.2. The summed E-state index contributed by atoms with van der Waals surface area (Å²) in [5.74, 6) is -1.32. The zero-order chi connectivity index (χ0) is 31.9. The molecule has 16 nitrogen and oxygen atoms in total. The number of nitrogens with zero attached hydrogens (tertiary/aromatic N) is 7. The molecule has 0 unspecified atom stereocenters. The first-order valence-electron chi connectivity index (χ1n) is 14.0. The van der Waals surface area contributed by atoms with Gasteiger partial charge in [0, 0.05) is 28.8 Å². The summed E-state index contributed by atoms with van der Waals surface area (Å²) in [4.78, 5) is 54.2. The van der Waals surface area contributed by atoms with Crippen molar-refractivity contribution in [1.29, 1.82) is 0 Å². The normalized spacial score (nSPS) is 11.7. The molecule has 2 aromatic carbocycles. The Balaban J connectivity index is 1.11. The third-order valence-corrected chi connectivity index (χ3v) is 6.93. The number of aliphatic carboxylic acids is 1. The molecule has 0 fully saturated rings. The number of rotatable bonds is 13. The maximum absolute atomic E-state index is 12.9. The zero-order valence-electron chi connectivity index (χ0n) is 24.2. The van der Waals surface area contributed by atoms with Crippen LogP contribution in [0, 0.1) is 6.92 Å². The molecule has 0 aliphatic carbocycles. The monoisotopic (exact) mass is 610 g/mol. The van der Waals surface area contributed by atoms with E-state index in [1.54, 1.807) is 36.5 Å². The molecule has 0 saturated carbocycles. The number of unbranched alkanes of at least 4 members (excludes halogenated alkanes) is 1. The van der Waals surface area contributed by atoms with Crippen molar-refractivity contribution >= 4 is 46.3 Å². The number of nitrogens with two attached hydrogens (primary N) is 2. The first-order chi connectivity index (χ1) is 21.7. The third kappa shape index (κ3) is 7.48. The average molecular weight is 611 g/mol. The molecule has 1 atom stereocenters. The molecule has 8 N–H and O–H groups in total. The van der Waals surface area contributed by atoms with Crippen molar-refractivity contribution in [2.75, 3.05) is 16.8 Å². The summed E-state index contributed by atoms with van der Waals surface area (Å²) in [6.45, 7) is 2.21. The molecular weight excluding hydrogens is 580 g/mol. The number of H-pyrrole nitrogens is 1. The maximum atomic E-state index is 12.9. The molecule has 230 valence electrons. The van der Waals surface area contributed by atoms with Crippen molar-refractivity contribution in [3.63, 3.8) is 0 Å². The number of hydrogen-bond acceptors (Lipinski definition) is 13. The Morgan fingerprint density at radius 1 is 1.02 bits per heavy atom. The topological polar surface area (TPSA) is 254 Å². The lowest BCUT2D eigenvalue weighted by Crippen LogP contribution is -2.40.